The van der Waals surface area contributed by atoms with Crippen molar-refractivity contribution in [2.45, 2.75) is 57.0 Å². The lowest BCUT2D eigenvalue weighted by Gasteiger charge is -2.42. The van der Waals surface area contributed by atoms with Gasteiger partial charge in [0, 0.05) is 45.8 Å². The Kier molecular flexibility index (Phi) is 9.20. The van der Waals surface area contributed by atoms with Gasteiger partial charge < -0.3 is 9.64 Å². The van der Waals surface area contributed by atoms with Crippen molar-refractivity contribution in [1.29, 1.82) is 15.8 Å². The fourth-order valence-electron chi connectivity index (χ4n) is 7.85. The highest BCUT2D eigenvalue weighted by molar-refractivity contribution is 6.30. The normalized spacial score (nSPS) is 21.3. The minimum Gasteiger partial charge on any atom is -0.480 e. The van der Waals surface area contributed by atoms with Gasteiger partial charge in [0.15, 0.2) is 11.3 Å². The lowest BCUT2D eigenvalue weighted by Crippen LogP contribution is -2.34. The zero-order valence-electron chi connectivity index (χ0n) is 29.0. The molecule has 3 aliphatic rings. The van der Waals surface area contributed by atoms with Crippen LogP contribution in [0.3, 0.4) is 0 Å². The first-order valence-electron chi connectivity index (χ1n) is 16.8. The molecule has 6 rings (SSSR count). The molecule has 1 unspecified atom stereocenters. The van der Waals surface area contributed by atoms with Crippen molar-refractivity contribution in [3.8, 4) is 18.2 Å². The maximum Gasteiger partial charge on any atom is 0.172 e. The van der Waals surface area contributed by atoms with Gasteiger partial charge in [0.2, 0.25) is 0 Å². The molecule has 0 aromatic heterocycles. The number of likely N-dealkylation sites (N-methyl/N-ethyl adjacent to an activating group) is 1. The molecule has 0 saturated heterocycles. The van der Waals surface area contributed by atoms with E-state index in [9.17, 15) is 15.8 Å². The Bertz CT molecular complexity index is 2090. The van der Waals surface area contributed by atoms with Gasteiger partial charge in [-0.05, 0) is 61.1 Å². The number of halogens is 1. The predicted molar refractivity (Wildman–Crippen MR) is 200 cm³/mol. The minimum atomic E-state index is -0.934. The quantitative estimate of drug-likeness (QED) is 0.243. The second-order valence-electron chi connectivity index (χ2n) is 14.1. The molecule has 248 valence electrons. The summed E-state index contributed by atoms with van der Waals surface area (Å²) in [5, 5.41) is 30.0. The molecule has 0 spiro atoms. The number of ether oxygens (including phenoxy) is 1. The fourth-order valence-corrected chi connectivity index (χ4v) is 8.13. The Morgan fingerprint density at radius 2 is 1.46 bits per heavy atom. The molecule has 0 radical (unpaired) electrons. The highest BCUT2D eigenvalue weighted by Gasteiger charge is 2.43. The molecule has 0 saturated carbocycles. The molecular formula is C44H39ClN4O. The molecule has 0 bridgehead atoms. The lowest BCUT2D eigenvalue weighted by molar-refractivity contribution is 0.0954. The zero-order chi connectivity index (χ0) is 35.7. The summed E-state index contributed by atoms with van der Waals surface area (Å²) in [5.74, 6) is -0.0967. The van der Waals surface area contributed by atoms with Crippen molar-refractivity contribution in [2.75, 3.05) is 11.9 Å². The molecule has 0 fully saturated rings. The fraction of sp³-hybridized carbons (Fsp3) is 0.250. The number of anilines is 1. The maximum atomic E-state index is 10.2. The van der Waals surface area contributed by atoms with Crippen LogP contribution in [0.2, 0.25) is 0 Å². The van der Waals surface area contributed by atoms with Crippen LogP contribution in [0.4, 0.5) is 5.69 Å². The third-order valence-corrected chi connectivity index (χ3v) is 10.9. The number of nitrogens with zero attached hydrogens (tertiary/aromatic N) is 4. The summed E-state index contributed by atoms with van der Waals surface area (Å²) in [6, 6.07) is 35.6. The van der Waals surface area contributed by atoms with Crippen molar-refractivity contribution in [2.24, 2.45) is 5.92 Å². The SMILES string of the molecule is CN1/C(=C\C=C\C2CC(c3ccccc3)(c3ccccc3)CC(/C=C/C3=C(C#N)C(=C(C#N)C#N)OC3(C)C)=C2Cl)C(C)(C)c2ccccc21. The van der Waals surface area contributed by atoms with E-state index in [4.69, 9.17) is 16.3 Å². The first-order valence-corrected chi connectivity index (χ1v) is 17.1. The number of para-hydroxylation sites is 1. The molecule has 2 heterocycles. The molecule has 0 N–H and O–H groups in total. The molecule has 50 heavy (non-hydrogen) atoms. The third kappa shape index (κ3) is 5.87. The summed E-state index contributed by atoms with van der Waals surface area (Å²) in [4.78, 5) is 2.27. The van der Waals surface area contributed by atoms with Gasteiger partial charge in [0.1, 0.15) is 29.4 Å². The van der Waals surface area contributed by atoms with Gasteiger partial charge in [-0.3, -0.25) is 0 Å². The molecule has 6 heteroatoms. The molecule has 1 aliphatic carbocycles. The summed E-state index contributed by atoms with van der Waals surface area (Å²) in [5.41, 5.74) is 6.14. The zero-order valence-corrected chi connectivity index (χ0v) is 29.8. The summed E-state index contributed by atoms with van der Waals surface area (Å²) >= 11 is 7.39. The molecule has 3 aromatic rings. The highest BCUT2D eigenvalue weighted by Crippen LogP contribution is 2.52. The van der Waals surface area contributed by atoms with Crippen LogP contribution in [0.25, 0.3) is 0 Å². The second kappa shape index (κ2) is 13.4. The number of allylic oxidation sites excluding steroid dienone is 9. The summed E-state index contributed by atoms with van der Waals surface area (Å²) in [6.45, 7) is 8.18. The Hall–Kier alpha value is -5.54. The van der Waals surface area contributed by atoms with Crippen molar-refractivity contribution < 1.29 is 4.74 Å². The molecule has 2 aliphatic heterocycles. The van der Waals surface area contributed by atoms with Crippen LogP contribution >= 0.6 is 11.6 Å². The summed E-state index contributed by atoms with van der Waals surface area (Å²) < 4.78 is 6.04. The standard InChI is InChI=1S/C44H39ClN4O/c1-42(2)37-20-12-13-21-38(37)49(5)39(42)22-14-15-30-25-44(33-16-8-6-9-17-33,34-18-10-7-11-19-34)26-31(40(30)45)23-24-36-35(29-48)41(32(27-46)28-47)50-43(36,3)4/h6-24,30H,25-26H2,1-5H3/b15-14+,24-23+,39-22-. The number of hydrogen-bond acceptors (Lipinski definition) is 5. The topological polar surface area (TPSA) is 83.8 Å². The number of fused-ring (bicyclic) bond motifs is 1. The second-order valence-corrected chi connectivity index (χ2v) is 14.5. The lowest BCUT2D eigenvalue weighted by atomic mass is 9.62. The molecule has 0 amide bonds. The van der Waals surface area contributed by atoms with E-state index in [1.165, 1.54) is 28.1 Å². The molecule has 5 nitrogen and oxygen atoms in total. The van der Waals surface area contributed by atoms with E-state index in [1.807, 2.05) is 50.3 Å². The summed E-state index contributed by atoms with van der Waals surface area (Å²) in [6.07, 6.45) is 11.8. The molecule has 3 aromatic carbocycles. The van der Waals surface area contributed by atoms with E-state index < -0.39 is 11.0 Å². The van der Waals surface area contributed by atoms with Crippen LogP contribution in [0.15, 0.2) is 154 Å². The average molecular weight is 675 g/mol. The van der Waals surface area contributed by atoms with Crippen LogP contribution in [0, 0.1) is 39.9 Å². The number of hydrogen-bond donors (Lipinski definition) is 0. The van der Waals surface area contributed by atoms with Crippen molar-refractivity contribution >= 4 is 17.3 Å². The van der Waals surface area contributed by atoms with E-state index in [2.05, 4.69) is 123 Å². The summed E-state index contributed by atoms with van der Waals surface area (Å²) in [7, 11) is 2.12. The van der Waals surface area contributed by atoms with Crippen LogP contribution in [-0.2, 0) is 15.6 Å². The largest absolute Gasteiger partial charge is 0.480 e. The van der Waals surface area contributed by atoms with Crippen molar-refractivity contribution in [3.05, 3.63) is 171 Å². The minimum absolute atomic E-state index is 0.0181. The van der Waals surface area contributed by atoms with Crippen LogP contribution in [0.1, 0.15) is 57.2 Å². The van der Waals surface area contributed by atoms with Crippen molar-refractivity contribution in [1.82, 2.24) is 0 Å². The number of nitriles is 3. The number of benzene rings is 3. The molecular weight excluding hydrogens is 636 g/mol. The Morgan fingerprint density at radius 1 is 0.860 bits per heavy atom. The van der Waals surface area contributed by atoms with Crippen LogP contribution in [0.5, 0.6) is 0 Å². The Labute approximate surface area is 300 Å². The highest BCUT2D eigenvalue weighted by atomic mass is 35.5. The number of rotatable bonds is 6. The third-order valence-electron chi connectivity index (χ3n) is 10.4. The van der Waals surface area contributed by atoms with Crippen LogP contribution in [-0.4, -0.2) is 12.6 Å². The van der Waals surface area contributed by atoms with E-state index in [0.29, 0.717) is 12.0 Å². The van der Waals surface area contributed by atoms with Gasteiger partial charge in [0.25, 0.3) is 0 Å². The van der Waals surface area contributed by atoms with Gasteiger partial charge in [0.05, 0.1) is 0 Å². The maximum absolute atomic E-state index is 10.2. The Morgan fingerprint density at radius 3 is 2.04 bits per heavy atom. The van der Waals surface area contributed by atoms with E-state index >= 15 is 0 Å². The van der Waals surface area contributed by atoms with Gasteiger partial charge in [-0.1, -0.05) is 129 Å². The van der Waals surface area contributed by atoms with E-state index in [1.54, 1.807) is 0 Å². The average Bonchev–Trinajstić information content (AvgIpc) is 3.50. The van der Waals surface area contributed by atoms with E-state index in [-0.39, 0.29) is 28.2 Å². The predicted octanol–water partition coefficient (Wildman–Crippen LogP) is 10.2. The van der Waals surface area contributed by atoms with Gasteiger partial charge in [-0.15, -0.1) is 0 Å². The van der Waals surface area contributed by atoms with Gasteiger partial charge in [-0.2, -0.15) is 15.8 Å². The smallest absolute Gasteiger partial charge is 0.172 e. The first kappa shape index (κ1) is 34.3. The van der Waals surface area contributed by atoms with Crippen LogP contribution < -0.4 is 4.90 Å². The van der Waals surface area contributed by atoms with E-state index in [0.717, 1.165) is 17.0 Å². The van der Waals surface area contributed by atoms with Gasteiger partial charge in [-0.25, -0.2) is 0 Å². The Balaban J connectivity index is 1.49. The first-order chi connectivity index (χ1) is 24.0. The van der Waals surface area contributed by atoms with Crippen molar-refractivity contribution in [3.63, 3.8) is 0 Å². The monoisotopic (exact) mass is 674 g/mol. The van der Waals surface area contributed by atoms with Gasteiger partial charge >= 0.3 is 0 Å². The molecule has 1 atom stereocenters.